The van der Waals surface area contributed by atoms with Gasteiger partial charge in [0.2, 0.25) is 5.91 Å². The van der Waals surface area contributed by atoms with Gasteiger partial charge >= 0.3 is 0 Å². The molecule has 30 heavy (non-hydrogen) atoms. The van der Waals surface area contributed by atoms with Crippen molar-refractivity contribution in [1.29, 1.82) is 0 Å². The van der Waals surface area contributed by atoms with Crippen molar-refractivity contribution in [2.45, 2.75) is 12.5 Å². The van der Waals surface area contributed by atoms with Crippen LogP contribution >= 0.6 is 0 Å². The lowest BCUT2D eigenvalue weighted by atomic mass is 9.98. The number of pyridine rings is 1. The molecule has 1 aromatic heterocycles. The summed E-state index contributed by atoms with van der Waals surface area (Å²) in [6, 6.07) is 25.2. The van der Waals surface area contributed by atoms with Gasteiger partial charge in [-0.1, -0.05) is 48.5 Å². The van der Waals surface area contributed by atoms with Crippen LogP contribution in [-0.4, -0.2) is 17.4 Å². The Morgan fingerprint density at radius 2 is 1.77 bits per heavy atom. The number of aromatic nitrogens is 1. The summed E-state index contributed by atoms with van der Waals surface area (Å²) in [6.07, 6.45) is 3.53. The minimum atomic E-state index is -0.443. The highest BCUT2D eigenvalue weighted by Crippen LogP contribution is 2.23. The maximum atomic E-state index is 12.8. The maximum Gasteiger partial charge on any atom is 0.233 e. The third kappa shape index (κ3) is 4.64. The zero-order chi connectivity index (χ0) is 20.8. The minimum Gasteiger partial charge on any atom is -0.489 e. The zero-order valence-corrected chi connectivity index (χ0v) is 16.5. The van der Waals surface area contributed by atoms with Crippen LogP contribution in [0, 0.1) is 0 Å². The average molecular weight is 397 g/mol. The van der Waals surface area contributed by atoms with Crippen LogP contribution in [0.2, 0.25) is 0 Å². The molecule has 4 aromatic rings. The van der Waals surface area contributed by atoms with E-state index in [0.717, 1.165) is 33.3 Å². The molecule has 0 spiro atoms. The first-order chi connectivity index (χ1) is 14.7. The van der Waals surface area contributed by atoms with E-state index in [4.69, 9.17) is 10.5 Å². The molecule has 0 aliphatic carbocycles. The van der Waals surface area contributed by atoms with E-state index >= 15 is 0 Å². The zero-order valence-electron chi connectivity index (χ0n) is 16.5. The summed E-state index contributed by atoms with van der Waals surface area (Å²) in [7, 11) is 0. The van der Waals surface area contributed by atoms with E-state index < -0.39 is 5.92 Å². The smallest absolute Gasteiger partial charge is 0.233 e. The van der Waals surface area contributed by atoms with Crippen molar-refractivity contribution < 1.29 is 9.53 Å². The lowest BCUT2D eigenvalue weighted by molar-refractivity contribution is -0.117. The highest BCUT2D eigenvalue weighted by molar-refractivity contribution is 5.98. The molecule has 0 saturated carbocycles. The SMILES string of the molecule is NCC(C(=O)Nc1ccc2cnccc2c1)c1ccc(OCc2ccccc2)cc1. The lowest BCUT2D eigenvalue weighted by Crippen LogP contribution is -2.27. The van der Waals surface area contributed by atoms with Crippen molar-refractivity contribution in [3.05, 3.63) is 102 Å². The second-order valence-electron chi connectivity index (χ2n) is 7.06. The Morgan fingerprint density at radius 3 is 2.53 bits per heavy atom. The van der Waals surface area contributed by atoms with Gasteiger partial charge in [-0.3, -0.25) is 9.78 Å². The molecular weight excluding hydrogens is 374 g/mol. The minimum absolute atomic E-state index is 0.135. The molecule has 0 bridgehead atoms. The molecule has 4 rings (SSSR count). The molecule has 1 heterocycles. The van der Waals surface area contributed by atoms with Crippen LogP contribution in [-0.2, 0) is 11.4 Å². The summed E-state index contributed by atoms with van der Waals surface area (Å²) in [5.41, 5.74) is 8.62. The number of anilines is 1. The normalized spacial score (nSPS) is 11.8. The van der Waals surface area contributed by atoms with Gasteiger partial charge in [-0.25, -0.2) is 0 Å². The van der Waals surface area contributed by atoms with Crippen LogP contribution in [0.1, 0.15) is 17.0 Å². The second kappa shape index (κ2) is 9.20. The summed E-state index contributed by atoms with van der Waals surface area (Å²) in [4.78, 5) is 16.9. The van der Waals surface area contributed by atoms with Crippen LogP contribution in [0.3, 0.4) is 0 Å². The van der Waals surface area contributed by atoms with E-state index in [0.29, 0.717) is 6.61 Å². The Labute approximate surface area is 175 Å². The average Bonchev–Trinajstić information content (AvgIpc) is 2.79. The first-order valence-corrected chi connectivity index (χ1v) is 9.84. The quantitative estimate of drug-likeness (QED) is 0.481. The van der Waals surface area contributed by atoms with E-state index in [1.807, 2.05) is 78.9 Å². The van der Waals surface area contributed by atoms with E-state index in [2.05, 4.69) is 10.3 Å². The van der Waals surface area contributed by atoms with Crippen LogP contribution in [0.15, 0.2) is 91.3 Å². The maximum absolute atomic E-state index is 12.8. The fourth-order valence-corrected chi connectivity index (χ4v) is 3.32. The number of fused-ring (bicyclic) bond motifs is 1. The third-order valence-electron chi connectivity index (χ3n) is 4.99. The van der Waals surface area contributed by atoms with E-state index in [9.17, 15) is 4.79 Å². The topological polar surface area (TPSA) is 77.2 Å². The number of hydrogen-bond donors (Lipinski definition) is 2. The van der Waals surface area contributed by atoms with Gasteiger partial charge in [-0.15, -0.1) is 0 Å². The predicted octanol–water partition coefficient (Wildman–Crippen LogP) is 4.49. The molecule has 0 aliphatic heterocycles. The molecule has 1 amide bonds. The summed E-state index contributed by atoms with van der Waals surface area (Å²) in [5, 5.41) is 5.02. The predicted molar refractivity (Wildman–Crippen MR) is 119 cm³/mol. The van der Waals surface area contributed by atoms with Crippen molar-refractivity contribution in [2.75, 3.05) is 11.9 Å². The summed E-state index contributed by atoms with van der Waals surface area (Å²) in [5.74, 6) is 0.173. The molecule has 150 valence electrons. The molecule has 0 radical (unpaired) electrons. The van der Waals surface area contributed by atoms with Crippen LogP contribution in [0.4, 0.5) is 5.69 Å². The largest absolute Gasteiger partial charge is 0.489 e. The molecule has 5 nitrogen and oxygen atoms in total. The first-order valence-electron chi connectivity index (χ1n) is 9.84. The van der Waals surface area contributed by atoms with E-state index in [1.54, 1.807) is 12.4 Å². The number of hydrogen-bond acceptors (Lipinski definition) is 4. The standard InChI is InChI=1S/C25H23N3O2/c26-15-24(25(29)28-22-9-6-21-16-27-13-12-20(21)14-22)19-7-10-23(11-8-19)30-17-18-4-2-1-3-5-18/h1-14,16,24H,15,17,26H2,(H,28,29). The summed E-state index contributed by atoms with van der Waals surface area (Å²) in [6.45, 7) is 0.714. The van der Waals surface area contributed by atoms with Gasteiger partial charge in [0.1, 0.15) is 12.4 Å². The van der Waals surface area contributed by atoms with Crippen molar-refractivity contribution in [2.24, 2.45) is 5.73 Å². The number of carbonyl (C=O) groups excluding carboxylic acids is 1. The number of nitrogens with zero attached hydrogens (tertiary/aromatic N) is 1. The Bertz CT molecular complexity index is 1130. The van der Waals surface area contributed by atoms with Crippen molar-refractivity contribution in [3.63, 3.8) is 0 Å². The number of ether oxygens (including phenoxy) is 1. The molecule has 5 heteroatoms. The lowest BCUT2D eigenvalue weighted by Gasteiger charge is -2.16. The number of nitrogens with one attached hydrogen (secondary N) is 1. The Kier molecular flexibility index (Phi) is 6.01. The van der Waals surface area contributed by atoms with Gasteiger partial charge in [0, 0.05) is 30.0 Å². The molecule has 3 aromatic carbocycles. The first kappa shape index (κ1) is 19.6. The molecule has 0 aliphatic rings. The highest BCUT2D eigenvalue weighted by Gasteiger charge is 2.19. The number of benzene rings is 3. The van der Waals surface area contributed by atoms with Crippen LogP contribution in [0.5, 0.6) is 5.75 Å². The number of amides is 1. The molecule has 3 N–H and O–H groups in total. The second-order valence-corrected chi connectivity index (χ2v) is 7.06. The monoisotopic (exact) mass is 397 g/mol. The fourth-order valence-electron chi connectivity index (χ4n) is 3.32. The Morgan fingerprint density at radius 1 is 0.967 bits per heavy atom. The molecular formula is C25H23N3O2. The van der Waals surface area contributed by atoms with Gasteiger partial charge in [-0.2, -0.15) is 0 Å². The Hall–Kier alpha value is -3.70. The van der Waals surface area contributed by atoms with Gasteiger partial charge < -0.3 is 15.8 Å². The molecule has 0 saturated heterocycles. The molecule has 1 atom stereocenters. The summed E-state index contributed by atoms with van der Waals surface area (Å²) >= 11 is 0. The van der Waals surface area contributed by atoms with Crippen LogP contribution < -0.4 is 15.8 Å². The van der Waals surface area contributed by atoms with Crippen molar-refractivity contribution in [1.82, 2.24) is 4.98 Å². The number of rotatable bonds is 7. The van der Waals surface area contributed by atoms with Gasteiger partial charge in [0.15, 0.2) is 0 Å². The van der Waals surface area contributed by atoms with E-state index in [1.165, 1.54) is 0 Å². The number of carbonyl (C=O) groups is 1. The third-order valence-corrected chi connectivity index (χ3v) is 4.99. The highest BCUT2D eigenvalue weighted by atomic mass is 16.5. The molecule has 1 unspecified atom stereocenters. The van der Waals surface area contributed by atoms with E-state index in [-0.39, 0.29) is 12.5 Å². The van der Waals surface area contributed by atoms with Crippen molar-refractivity contribution in [3.8, 4) is 5.75 Å². The van der Waals surface area contributed by atoms with Gasteiger partial charge in [0.25, 0.3) is 0 Å². The molecule has 0 fully saturated rings. The Balaban J connectivity index is 1.42. The van der Waals surface area contributed by atoms with Crippen LogP contribution in [0.25, 0.3) is 10.8 Å². The van der Waals surface area contributed by atoms with Gasteiger partial charge in [0.05, 0.1) is 5.92 Å². The van der Waals surface area contributed by atoms with Gasteiger partial charge in [-0.05, 0) is 46.8 Å². The fraction of sp³-hybridized carbons (Fsp3) is 0.120. The summed E-state index contributed by atoms with van der Waals surface area (Å²) < 4.78 is 5.82. The number of nitrogens with two attached hydrogens (primary N) is 1. The van der Waals surface area contributed by atoms with Crippen molar-refractivity contribution >= 4 is 22.4 Å².